The van der Waals surface area contributed by atoms with Crippen LogP contribution in [0.15, 0.2) is 54.6 Å². The summed E-state index contributed by atoms with van der Waals surface area (Å²) in [6, 6.07) is 13.6. The van der Waals surface area contributed by atoms with Gasteiger partial charge in [-0.25, -0.2) is 4.79 Å². The van der Waals surface area contributed by atoms with Crippen molar-refractivity contribution in [3.05, 3.63) is 54.6 Å². The summed E-state index contributed by atoms with van der Waals surface area (Å²) in [5.74, 6) is 0.178. The molecule has 2 rings (SSSR count). The van der Waals surface area contributed by atoms with Gasteiger partial charge in [0, 0.05) is 11.0 Å². The van der Waals surface area contributed by atoms with Crippen molar-refractivity contribution in [2.75, 3.05) is 13.2 Å². The van der Waals surface area contributed by atoms with E-state index in [1.54, 1.807) is 6.92 Å². The Morgan fingerprint density at radius 2 is 1.90 bits per heavy atom. The molecule has 0 aromatic heterocycles. The van der Waals surface area contributed by atoms with Crippen LogP contribution in [0.2, 0.25) is 0 Å². The Kier molecular flexibility index (Phi) is 4.95. The molecular formula is C17H18O4. The number of benzene rings is 2. The summed E-state index contributed by atoms with van der Waals surface area (Å²) >= 11 is 0. The van der Waals surface area contributed by atoms with Gasteiger partial charge in [0.2, 0.25) is 0 Å². The van der Waals surface area contributed by atoms with Crippen molar-refractivity contribution >= 4 is 16.7 Å². The molecule has 1 atom stereocenters. The maximum atomic E-state index is 11.2. The van der Waals surface area contributed by atoms with Crippen LogP contribution in [0.1, 0.15) is 6.92 Å². The first-order valence-corrected chi connectivity index (χ1v) is 6.69. The lowest BCUT2D eigenvalue weighted by Crippen LogP contribution is -2.25. The van der Waals surface area contributed by atoms with Crippen LogP contribution in [-0.4, -0.2) is 30.4 Å². The fourth-order valence-electron chi connectivity index (χ4n) is 1.85. The molecule has 1 unspecified atom stereocenters. The normalized spacial score (nSPS) is 11.9. The van der Waals surface area contributed by atoms with Gasteiger partial charge in [0.1, 0.15) is 25.1 Å². The first kappa shape index (κ1) is 15.1. The molecule has 0 bridgehead atoms. The zero-order valence-corrected chi connectivity index (χ0v) is 11.9. The average molecular weight is 286 g/mol. The first-order valence-electron chi connectivity index (χ1n) is 6.69. The van der Waals surface area contributed by atoms with Crippen molar-refractivity contribution in [3.63, 3.8) is 0 Å². The Balaban J connectivity index is 1.92. The molecule has 110 valence electrons. The molecular weight excluding hydrogens is 268 g/mol. The summed E-state index contributed by atoms with van der Waals surface area (Å²) in [6.45, 7) is 4.97. The lowest BCUT2D eigenvalue weighted by atomic mass is 10.1. The van der Waals surface area contributed by atoms with E-state index in [2.05, 4.69) is 6.58 Å². The molecule has 0 saturated heterocycles. The molecule has 0 fully saturated rings. The van der Waals surface area contributed by atoms with Crippen LogP contribution in [0.25, 0.3) is 10.8 Å². The van der Waals surface area contributed by atoms with Crippen molar-refractivity contribution in [2.45, 2.75) is 13.0 Å². The van der Waals surface area contributed by atoms with Gasteiger partial charge in [0.15, 0.2) is 0 Å². The molecule has 2 aromatic rings. The van der Waals surface area contributed by atoms with Gasteiger partial charge in [-0.05, 0) is 18.4 Å². The lowest BCUT2D eigenvalue weighted by Gasteiger charge is -2.14. The number of aliphatic hydroxyl groups excluding tert-OH is 1. The van der Waals surface area contributed by atoms with Gasteiger partial charge < -0.3 is 14.6 Å². The van der Waals surface area contributed by atoms with Crippen molar-refractivity contribution in [3.8, 4) is 5.75 Å². The maximum Gasteiger partial charge on any atom is 0.333 e. The fraction of sp³-hybridized carbons (Fsp3) is 0.235. The van der Waals surface area contributed by atoms with Crippen molar-refractivity contribution in [1.29, 1.82) is 0 Å². The van der Waals surface area contributed by atoms with Gasteiger partial charge in [-0.2, -0.15) is 0 Å². The number of fused-ring (bicyclic) bond motifs is 1. The van der Waals surface area contributed by atoms with Gasteiger partial charge >= 0.3 is 5.97 Å². The highest BCUT2D eigenvalue weighted by Gasteiger charge is 2.11. The predicted octanol–water partition coefficient (Wildman–Crippen LogP) is 2.70. The minimum absolute atomic E-state index is 0.0531. The van der Waals surface area contributed by atoms with Crippen molar-refractivity contribution < 1.29 is 19.4 Å². The molecule has 0 spiro atoms. The molecule has 2 aromatic carbocycles. The molecule has 4 heteroatoms. The van der Waals surface area contributed by atoms with E-state index in [0.717, 1.165) is 10.8 Å². The van der Waals surface area contributed by atoms with E-state index in [0.29, 0.717) is 11.3 Å². The second kappa shape index (κ2) is 6.90. The molecule has 1 N–H and O–H groups in total. The third kappa shape index (κ3) is 4.07. The number of hydrogen-bond acceptors (Lipinski definition) is 4. The van der Waals surface area contributed by atoms with E-state index in [-0.39, 0.29) is 13.2 Å². The molecule has 0 aliphatic rings. The zero-order chi connectivity index (χ0) is 15.2. The summed E-state index contributed by atoms with van der Waals surface area (Å²) in [5.41, 5.74) is 0.303. The van der Waals surface area contributed by atoms with E-state index in [1.165, 1.54) is 0 Å². The highest BCUT2D eigenvalue weighted by molar-refractivity contribution is 5.88. The molecule has 0 radical (unpaired) electrons. The minimum Gasteiger partial charge on any atom is -0.490 e. The standard InChI is InChI=1S/C17H18O4/c1-12(2)17(19)21-11-14(18)10-20-16-9-5-7-13-6-3-4-8-15(13)16/h3-9,14,18H,1,10-11H2,2H3. The number of aliphatic hydroxyl groups is 1. The third-order valence-corrected chi connectivity index (χ3v) is 2.94. The smallest absolute Gasteiger partial charge is 0.333 e. The number of carbonyl (C=O) groups excluding carboxylic acids is 1. The monoisotopic (exact) mass is 286 g/mol. The SMILES string of the molecule is C=C(C)C(=O)OCC(O)COc1cccc2ccccc12. The molecule has 0 saturated carbocycles. The van der Waals surface area contributed by atoms with E-state index in [1.807, 2.05) is 42.5 Å². The van der Waals surface area contributed by atoms with Gasteiger partial charge in [-0.15, -0.1) is 0 Å². The van der Waals surface area contributed by atoms with Crippen molar-refractivity contribution in [2.24, 2.45) is 0 Å². The van der Waals surface area contributed by atoms with Gasteiger partial charge in [-0.1, -0.05) is 43.0 Å². The van der Waals surface area contributed by atoms with Crippen LogP contribution in [0.4, 0.5) is 0 Å². The fourth-order valence-corrected chi connectivity index (χ4v) is 1.85. The number of hydrogen-bond donors (Lipinski definition) is 1. The van der Waals surface area contributed by atoms with Crippen LogP contribution in [-0.2, 0) is 9.53 Å². The summed E-state index contributed by atoms with van der Waals surface area (Å²) in [6.07, 6.45) is -0.882. The van der Waals surface area contributed by atoms with E-state index >= 15 is 0 Å². The number of esters is 1. The first-order chi connectivity index (χ1) is 10.1. The number of carbonyl (C=O) groups is 1. The van der Waals surface area contributed by atoms with Gasteiger partial charge in [0.25, 0.3) is 0 Å². The Bertz CT molecular complexity index is 643. The van der Waals surface area contributed by atoms with Gasteiger partial charge in [0.05, 0.1) is 0 Å². The molecule has 0 aliphatic carbocycles. The zero-order valence-electron chi connectivity index (χ0n) is 11.9. The highest BCUT2D eigenvalue weighted by Crippen LogP contribution is 2.25. The topological polar surface area (TPSA) is 55.8 Å². The average Bonchev–Trinajstić information content (AvgIpc) is 2.50. The largest absolute Gasteiger partial charge is 0.490 e. The van der Waals surface area contributed by atoms with Crippen LogP contribution in [0.5, 0.6) is 5.75 Å². The lowest BCUT2D eigenvalue weighted by molar-refractivity contribution is -0.142. The van der Waals surface area contributed by atoms with E-state index in [9.17, 15) is 9.90 Å². The summed E-state index contributed by atoms with van der Waals surface area (Å²) in [4.78, 5) is 11.2. The summed E-state index contributed by atoms with van der Waals surface area (Å²) < 4.78 is 10.5. The van der Waals surface area contributed by atoms with E-state index in [4.69, 9.17) is 9.47 Å². The second-order valence-corrected chi connectivity index (χ2v) is 4.82. The summed E-state index contributed by atoms with van der Waals surface area (Å²) in [7, 11) is 0. The molecule has 21 heavy (non-hydrogen) atoms. The predicted molar refractivity (Wildman–Crippen MR) is 81.2 cm³/mol. The van der Waals surface area contributed by atoms with Crippen LogP contribution in [0.3, 0.4) is 0 Å². The molecule has 0 aliphatic heterocycles. The maximum absolute atomic E-state index is 11.2. The van der Waals surface area contributed by atoms with E-state index < -0.39 is 12.1 Å². The summed E-state index contributed by atoms with van der Waals surface area (Å²) in [5, 5.41) is 11.8. The molecule has 0 heterocycles. The number of rotatable bonds is 6. The number of ether oxygens (including phenoxy) is 2. The Morgan fingerprint density at radius 1 is 1.19 bits per heavy atom. The highest BCUT2D eigenvalue weighted by atomic mass is 16.5. The molecule has 4 nitrogen and oxygen atoms in total. The Morgan fingerprint density at radius 3 is 2.67 bits per heavy atom. The van der Waals surface area contributed by atoms with Gasteiger partial charge in [-0.3, -0.25) is 0 Å². The Labute approximate surface area is 123 Å². The Hall–Kier alpha value is -2.33. The third-order valence-electron chi connectivity index (χ3n) is 2.94. The van der Waals surface area contributed by atoms with Crippen LogP contribution in [0, 0.1) is 0 Å². The quantitative estimate of drug-likeness (QED) is 0.655. The molecule has 0 amide bonds. The second-order valence-electron chi connectivity index (χ2n) is 4.82. The van der Waals surface area contributed by atoms with Crippen LogP contribution >= 0.6 is 0 Å². The van der Waals surface area contributed by atoms with Crippen molar-refractivity contribution in [1.82, 2.24) is 0 Å². The van der Waals surface area contributed by atoms with Crippen LogP contribution < -0.4 is 4.74 Å². The minimum atomic E-state index is -0.882.